The van der Waals surface area contributed by atoms with Gasteiger partial charge in [-0.3, -0.25) is 0 Å². The average Bonchev–Trinajstić information content (AvgIpc) is 1.98. The van der Waals surface area contributed by atoms with Gasteiger partial charge in [-0.15, -0.1) is 0 Å². The summed E-state index contributed by atoms with van der Waals surface area (Å²) in [5, 5.41) is 10.0. The van der Waals surface area contributed by atoms with Crippen molar-refractivity contribution in [2.75, 3.05) is 25.9 Å². The van der Waals surface area contributed by atoms with Crippen molar-refractivity contribution in [2.24, 2.45) is 0 Å². The van der Waals surface area contributed by atoms with Gasteiger partial charge in [-0.05, 0) is 19.2 Å². The highest BCUT2D eigenvalue weighted by Crippen LogP contribution is 2.21. The number of thioether (sulfide) groups is 1. The van der Waals surface area contributed by atoms with Crippen LogP contribution in [0.15, 0.2) is 0 Å². The number of aliphatic hydroxyl groups excluding tert-OH is 1. The lowest BCUT2D eigenvalue weighted by atomic mass is 10.1. The summed E-state index contributed by atoms with van der Waals surface area (Å²) in [6, 6.07) is 0. The van der Waals surface area contributed by atoms with Crippen molar-refractivity contribution < 1.29 is 5.11 Å². The Morgan fingerprint density at radius 1 is 1.64 bits per heavy atom. The van der Waals surface area contributed by atoms with Gasteiger partial charge in [0.25, 0.3) is 0 Å². The summed E-state index contributed by atoms with van der Waals surface area (Å²) >= 11 is 1.87. The van der Waals surface area contributed by atoms with Gasteiger partial charge in [0.05, 0.1) is 6.10 Å². The van der Waals surface area contributed by atoms with E-state index in [0.717, 1.165) is 25.3 Å². The Bertz CT molecular complexity index is 121. The molecule has 1 saturated heterocycles. The molecular formula is C8H17NOS. The molecule has 2 nitrogen and oxygen atoms in total. The first-order valence-electron chi connectivity index (χ1n) is 4.22. The lowest BCUT2D eigenvalue weighted by Gasteiger charge is -2.33. The third-order valence-electron chi connectivity index (χ3n) is 2.11. The molecule has 0 radical (unpaired) electrons. The maximum absolute atomic E-state index is 9.57. The van der Waals surface area contributed by atoms with Crippen LogP contribution in [0, 0.1) is 0 Å². The van der Waals surface area contributed by atoms with Crippen LogP contribution in [0.4, 0.5) is 0 Å². The quantitative estimate of drug-likeness (QED) is 0.671. The van der Waals surface area contributed by atoms with E-state index in [9.17, 15) is 5.11 Å². The van der Waals surface area contributed by atoms with Crippen LogP contribution in [-0.4, -0.2) is 47.3 Å². The second-order valence-electron chi connectivity index (χ2n) is 3.11. The molecule has 0 saturated carbocycles. The fourth-order valence-corrected chi connectivity index (χ4v) is 2.58. The van der Waals surface area contributed by atoms with E-state index in [2.05, 4.69) is 18.9 Å². The van der Waals surface area contributed by atoms with Gasteiger partial charge in [0, 0.05) is 18.3 Å². The zero-order valence-electron chi connectivity index (χ0n) is 7.29. The first-order valence-corrected chi connectivity index (χ1v) is 5.27. The summed E-state index contributed by atoms with van der Waals surface area (Å²) in [5.41, 5.74) is 0. The van der Waals surface area contributed by atoms with Crippen molar-refractivity contribution in [2.45, 2.75) is 24.7 Å². The van der Waals surface area contributed by atoms with Gasteiger partial charge in [0.1, 0.15) is 0 Å². The number of piperidine rings is 1. The zero-order valence-corrected chi connectivity index (χ0v) is 8.10. The smallest absolute Gasteiger partial charge is 0.0683 e. The van der Waals surface area contributed by atoms with Crippen molar-refractivity contribution >= 4 is 11.8 Å². The number of aliphatic hydroxyl groups is 1. The number of rotatable bonds is 2. The van der Waals surface area contributed by atoms with Crippen LogP contribution in [0.3, 0.4) is 0 Å². The molecule has 0 amide bonds. The average molecular weight is 175 g/mol. The van der Waals surface area contributed by atoms with Crippen LogP contribution in [-0.2, 0) is 0 Å². The molecule has 0 spiro atoms. The molecular weight excluding hydrogens is 158 g/mol. The van der Waals surface area contributed by atoms with E-state index in [1.165, 1.54) is 0 Å². The number of hydrogen-bond donors (Lipinski definition) is 1. The molecule has 0 bridgehead atoms. The molecule has 2 atom stereocenters. The number of nitrogens with zero attached hydrogens (tertiary/aromatic N) is 1. The predicted molar refractivity (Wildman–Crippen MR) is 50.0 cm³/mol. The summed E-state index contributed by atoms with van der Waals surface area (Å²) < 4.78 is 0. The Morgan fingerprint density at radius 2 is 2.36 bits per heavy atom. The van der Waals surface area contributed by atoms with Crippen LogP contribution < -0.4 is 0 Å². The molecule has 1 rings (SSSR count). The van der Waals surface area contributed by atoms with Gasteiger partial charge in [-0.2, -0.15) is 11.8 Å². The lowest BCUT2D eigenvalue weighted by Crippen LogP contribution is -2.43. The Kier molecular flexibility index (Phi) is 3.69. The normalized spacial score (nSPS) is 34.1. The van der Waals surface area contributed by atoms with E-state index in [0.29, 0.717) is 5.25 Å². The summed E-state index contributed by atoms with van der Waals surface area (Å²) in [7, 11) is 2.12. The van der Waals surface area contributed by atoms with Crippen LogP contribution >= 0.6 is 11.8 Å². The van der Waals surface area contributed by atoms with Crippen LogP contribution in [0.1, 0.15) is 13.3 Å². The second kappa shape index (κ2) is 4.33. The molecule has 0 aromatic carbocycles. The predicted octanol–water partition coefficient (Wildman–Crippen LogP) is 0.804. The fraction of sp³-hybridized carbons (Fsp3) is 1.00. The van der Waals surface area contributed by atoms with Crippen LogP contribution in [0.2, 0.25) is 0 Å². The topological polar surface area (TPSA) is 23.5 Å². The highest BCUT2D eigenvalue weighted by Gasteiger charge is 2.25. The summed E-state index contributed by atoms with van der Waals surface area (Å²) in [6.07, 6.45) is 0.866. The first kappa shape index (κ1) is 9.36. The molecule has 11 heavy (non-hydrogen) atoms. The SMILES string of the molecule is CCSC1CN(C)CCC1O. The van der Waals surface area contributed by atoms with Gasteiger partial charge < -0.3 is 10.0 Å². The van der Waals surface area contributed by atoms with Crippen molar-refractivity contribution in [3.05, 3.63) is 0 Å². The lowest BCUT2D eigenvalue weighted by molar-refractivity contribution is 0.101. The molecule has 0 aromatic rings. The monoisotopic (exact) mass is 175 g/mol. The van der Waals surface area contributed by atoms with Crippen molar-refractivity contribution in [3.63, 3.8) is 0 Å². The van der Waals surface area contributed by atoms with Crippen LogP contribution in [0.5, 0.6) is 0 Å². The van der Waals surface area contributed by atoms with E-state index in [1.807, 2.05) is 11.8 Å². The third-order valence-corrected chi connectivity index (χ3v) is 3.33. The molecule has 3 heteroatoms. The summed E-state index contributed by atoms with van der Waals surface area (Å²) in [6.45, 7) is 4.23. The van der Waals surface area contributed by atoms with E-state index >= 15 is 0 Å². The Hall–Kier alpha value is 0.270. The molecule has 0 aliphatic carbocycles. The molecule has 2 unspecified atom stereocenters. The Labute approximate surface area is 73.0 Å². The summed E-state index contributed by atoms with van der Waals surface area (Å²) in [4.78, 5) is 2.29. The molecule has 0 aromatic heterocycles. The maximum Gasteiger partial charge on any atom is 0.0683 e. The number of hydrogen-bond acceptors (Lipinski definition) is 3. The van der Waals surface area contributed by atoms with Gasteiger partial charge in [0.15, 0.2) is 0 Å². The second-order valence-corrected chi connectivity index (χ2v) is 4.63. The largest absolute Gasteiger partial charge is 0.392 e. The van der Waals surface area contributed by atoms with Crippen molar-refractivity contribution in [1.29, 1.82) is 0 Å². The van der Waals surface area contributed by atoms with E-state index in [4.69, 9.17) is 0 Å². The van der Waals surface area contributed by atoms with Crippen LogP contribution in [0.25, 0.3) is 0 Å². The minimum Gasteiger partial charge on any atom is -0.392 e. The standard InChI is InChI=1S/C8H17NOS/c1-3-11-8-6-9(2)5-4-7(8)10/h7-8,10H,3-6H2,1-2H3. The molecule has 66 valence electrons. The summed E-state index contributed by atoms with van der Waals surface area (Å²) in [5.74, 6) is 1.11. The van der Waals surface area contributed by atoms with Crippen molar-refractivity contribution in [3.8, 4) is 0 Å². The molecule has 1 heterocycles. The van der Waals surface area contributed by atoms with Gasteiger partial charge in [0.2, 0.25) is 0 Å². The minimum absolute atomic E-state index is 0.0730. The molecule has 1 aliphatic heterocycles. The minimum atomic E-state index is -0.0730. The van der Waals surface area contributed by atoms with Gasteiger partial charge >= 0.3 is 0 Å². The van der Waals surface area contributed by atoms with E-state index in [1.54, 1.807) is 0 Å². The first-order chi connectivity index (χ1) is 5.24. The highest BCUT2D eigenvalue weighted by atomic mass is 32.2. The third kappa shape index (κ3) is 2.65. The fourth-order valence-electron chi connectivity index (χ4n) is 1.44. The Balaban J connectivity index is 2.34. The molecule has 1 fully saturated rings. The van der Waals surface area contributed by atoms with Gasteiger partial charge in [-0.25, -0.2) is 0 Å². The van der Waals surface area contributed by atoms with E-state index < -0.39 is 0 Å². The molecule has 1 N–H and O–H groups in total. The van der Waals surface area contributed by atoms with E-state index in [-0.39, 0.29) is 6.10 Å². The van der Waals surface area contributed by atoms with Crippen molar-refractivity contribution in [1.82, 2.24) is 4.90 Å². The number of likely N-dealkylation sites (tertiary alicyclic amines) is 1. The maximum atomic E-state index is 9.57. The molecule has 1 aliphatic rings. The zero-order chi connectivity index (χ0) is 8.27. The highest BCUT2D eigenvalue weighted by molar-refractivity contribution is 7.99. The Morgan fingerprint density at radius 3 is 3.00 bits per heavy atom. The van der Waals surface area contributed by atoms with Gasteiger partial charge in [-0.1, -0.05) is 6.92 Å².